The Kier molecular flexibility index (Phi) is 10.1. The Hall–Kier alpha value is -1.09. The zero-order valence-corrected chi connectivity index (χ0v) is 18.1. The van der Waals surface area contributed by atoms with Crippen LogP contribution in [0.1, 0.15) is 39.2 Å². The van der Waals surface area contributed by atoms with Crippen molar-refractivity contribution < 1.29 is 4.74 Å². The Labute approximate surface area is 168 Å². The third kappa shape index (κ3) is 7.35. The number of likely N-dealkylation sites (tertiary alicyclic amines) is 1. The lowest BCUT2D eigenvalue weighted by Gasteiger charge is -2.24. The average molecular weight is 461 g/mol. The van der Waals surface area contributed by atoms with Crippen LogP contribution in [0.5, 0.6) is 5.88 Å². The van der Waals surface area contributed by atoms with E-state index in [1.165, 1.54) is 19.4 Å². The third-order valence-electron chi connectivity index (χ3n) is 4.25. The topological polar surface area (TPSA) is 61.8 Å². The van der Waals surface area contributed by atoms with Gasteiger partial charge in [-0.1, -0.05) is 13.0 Å². The molecular formula is C18H32IN5O. The molecule has 6 nitrogen and oxygen atoms in total. The van der Waals surface area contributed by atoms with E-state index in [1.54, 1.807) is 7.05 Å². The molecule has 0 amide bonds. The number of aliphatic imine (C=N–C) groups is 1. The van der Waals surface area contributed by atoms with Crippen LogP contribution < -0.4 is 15.4 Å². The molecule has 0 saturated carbocycles. The van der Waals surface area contributed by atoms with Gasteiger partial charge in [0, 0.05) is 38.4 Å². The molecule has 2 N–H and O–H groups in total. The fraction of sp³-hybridized carbons (Fsp3) is 0.667. The van der Waals surface area contributed by atoms with Crippen molar-refractivity contribution in [3.8, 4) is 5.88 Å². The second-order valence-corrected chi connectivity index (χ2v) is 6.40. The van der Waals surface area contributed by atoms with E-state index in [4.69, 9.17) is 4.74 Å². The van der Waals surface area contributed by atoms with Crippen LogP contribution in [0.3, 0.4) is 0 Å². The van der Waals surface area contributed by atoms with Gasteiger partial charge in [-0.15, -0.1) is 24.0 Å². The summed E-state index contributed by atoms with van der Waals surface area (Å²) in [7, 11) is 1.80. The van der Waals surface area contributed by atoms with Gasteiger partial charge in [0.05, 0.1) is 6.10 Å². The summed E-state index contributed by atoms with van der Waals surface area (Å²) in [5.74, 6) is 1.50. The van der Waals surface area contributed by atoms with E-state index in [9.17, 15) is 0 Å². The first kappa shape index (κ1) is 22.0. The molecule has 25 heavy (non-hydrogen) atoms. The number of aromatic nitrogens is 1. The standard InChI is InChI=1S/C18H31N5O.HI/c1-5-23-10-6-7-16(23)13-22-18(19-4)21-12-15-8-9-17(20-11-15)24-14(2)3;/h8-9,11,14,16H,5-7,10,12-13H2,1-4H3,(H2,19,21,22);1H. The number of ether oxygens (including phenoxy) is 1. The van der Waals surface area contributed by atoms with Gasteiger partial charge >= 0.3 is 0 Å². The highest BCUT2D eigenvalue weighted by Gasteiger charge is 2.22. The van der Waals surface area contributed by atoms with E-state index in [-0.39, 0.29) is 30.1 Å². The highest BCUT2D eigenvalue weighted by Crippen LogP contribution is 2.15. The second kappa shape index (κ2) is 11.5. The molecule has 0 aliphatic carbocycles. The highest BCUT2D eigenvalue weighted by atomic mass is 127. The predicted octanol–water partition coefficient (Wildman–Crippen LogP) is 2.64. The number of hydrogen-bond donors (Lipinski definition) is 2. The zero-order chi connectivity index (χ0) is 17.4. The van der Waals surface area contributed by atoms with Crippen molar-refractivity contribution in [1.82, 2.24) is 20.5 Å². The maximum atomic E-state index is 5.56. The molecule has 0 spiro atoms. The van der Waals surface area contributed by atoms with E-state index < -0.39 is 0 Å². The summed E-state index contributed by atoms with van der Waals surface area (Å²) in [6.07, 6.45) is 4.54. The number of pyridine rings is 1. The van der Waals surface area contributed by atoms with E-state index in [2.05, 4.69) is 32.4 Å². The number of rotatable bonds is 7. The minimum atomic E-state index is 0. The smallest absolute Gasteiger partial charge is 0.213 e. The summed E-state index contributed by atoms with van der Waals surface area (Å²) in [6.45, 7) is 10.2. The minimum Gasteiger partial charge on any atom is -0.475 e. The van der Waals surface area contributed by atoms with Crippen molar-refractivity contribution in [3.63, 3.8) is 0 Å². The van der Waals surface area contributed by atoms with E-state index in [0.717, 1.165) is 24.6 Å². The molecule has 1 aromatic heterocycles. The molecule has 2 rings (SSSR count). The summed E-state index contributed by atoms with van der Waals surface area (Å²) in [5, 5.41) is 6.78. The van der Waals surface area contributed by atoms with Crippen molar-refractivity contribution in [2.24, 2.45) is 4.99 Å². The van der Waals surface area contributed by atoms with Crippen LogP contribution in [-0.2, 0) is 6.54 Å². The summed E-state index contributed by atoms with van der Waals surface area (Å²) in [6, 6.07) is 4.55. The van der Waals surface area contributed by atoms with Gasteiger partial charge in [0.15, 0.2) is 5.96 Å². The Bertz CT molecular complexity index is 521. The number of hydrogen-bond acceptors (Lipinski definition) is 4. The first-order valence-corrected chi connectivity index (χ1v) is 8.92. The van der Waals surface area contributed by atoms with Crippen LogP contribution >= 0.6 is 24.0 Å². The quantitative estimate of drug-likeness (QED) is 0.372. The van der Waals surface area contributed by atoms with Gasteiger partial charge in [-0.25, -0.2) is 4.98 Å². The van der Waals surface area contributed by atoms with Crippen LogP contribution in [0, 0.1) is 0 Å². The minimum absolute atomic E-state index is 0. The first-order valence-electron chi connectivity index (χ1n) is 8.92. The fourth-order valence-electron chi connectivity index (χ4n) is 2.99. The van der Waals surface area contributed by atoms with Crippen molar-refractivity contribution in [3.05, 3.63) is 23.9 Å². The summed E-state index contributed by atoms with van der Waals surface area (Å²) >= 11 is 0. The highest BCUT2D eigenvalue weighted by molar-refractivity contribution is 14.0. The lowest BCUT2D eigenvalue weighted by molar-refractivity contribution is 0.232. The van der Waals surface area contributed by atoms with Crippen LogP contribution in [0.15, 0.2) is 23.3 Å². The van der Waals surface area contributed by atoms with Gasteiger partial charge in [0.1, 0.15) is 0 Å². The Morgan fingerprint density at radius 3 is 2.80 bits per heavy atom. The normalized spacial score (nSPS) is 18.1. The Morgan fingerprint density at radius 1 is 1.40 bits per heavy atom. The molecular weight excluding hydrogens is 429 g/mol. The van der Waals surface area contributed by atoms with Gasteiger partial charge in [-0.3, -0.25) is 9.89 Å². The fourth-order valence-corrected chi connectivity index (χ4v) is 2.99. The van der Waals surface area contributed by atoms with Crippen LogP contribution in [0.25, 0.3) is 0 Å². The van der Waals surface area contributed by atoms with Gasteiger partial charge in [-0.2, -0.15) is 0 Å². The second-order valence-electron chi connectivity index (χ2n) is 6.40. The molecule has 1 unspecified atom stereocenters. The van der Waals surface area contributed by atoms with Crippen LogP contribution in [0.4, 0.5) is 0 Å². The SMILES string of the molecule is CCN1CCCC1CNC(=NC)NCc1ccc(OC(C)C)nc1.I. The molecule has 1 aromatic rings. The summed E-state index contributed by atoms with van der Waals surface area (Å²) in [4.78, 5) is 11.2. The van der Waals surface area contributed by atoms with Crippen molar-refractivity contribution in [1.29, 1.82) is 0 Å². The maximum absolute atomic E-state index is 5.56. The summed E-state index contributed by atoms with van der Waals surface area (Å²) < 4.78 is 5.56. The van der Waals surface area contributed by atoms with E-state index in [1.807, 2.05) is 32.2 Å². The molecule has 1 aliphatic rings. The zero-order valence-electron chi connectivity index (χ0n) is 15.8. The van der Waals surface area contributed by atoms with Gasteiger partial charge in [0.25, 0.3) is 0 Å². The van der Waals surface area contributed by atoms with Crippen molar-refractivity contribution in [2.75, 3.05) is 26.7 Å². The van der Waals surface area contributed by atoms with Gasteiger partial charge in [-0.05, 0) is 45.3 Å². The van der Waals surface area contributed by atoms with Crippen LogP contribution in [0.2, 0.25) is 0 Å². The molecule has 1 saturated heterocycles. The molecule has 1 fully saturated rings. The average Bonchev–Trinajstić information content (AvgIpc) is 3.03. The van der Waals surface area contributed by atoms with Gasteiger partial charge in [0.2, 0.25) is 5.88 Å². The molecule has 1 atom stereocenters. The Morgan fingerprint density at radius 2 is 2.20 bits per heavy atom. The predicted molar refractivity (Wildman–Crippen MR) is 114 cm³/mol. The molecule has 1 aliphatic heterocycles. The van der Waals surface area contributed by atoms with Crippen molar-refractivity contribution in [2.45, 2.75) is 52.3 Å². The Balaban J connectivity index is 0.00000312. The van der Waals surface area contributed by atoms with E-state index >= 15 is 0 Å². The number of halogens is 1. The van der Waals surface area contributed by atoms with Crippen LogP contribution in [-0.4, -0.2) is 54.7 Å². The number of nitrogens with one attached hydrogen (secondary N) is 2. The monoisotopic (exact) mass is 461 g/mol. The van der Waals surface area contributed by atoms with Gasteiger partial charge < -0.3 is 15.4 Å². The lowest BCUT2D eigenvalue weighted by Crippen LogP contribution is -2.44. The van der Waals surface area contributed by atoms with E-state index in [0.29, 0.717) is 18.5 Å². The number of guanidine groups is 1. The lowest BCUT2D eigenvalue weighted by atomic mass is 10.2. The molecule has 2 heterocycles. The maximum Gasteiger partial charge on any atom is 0.213 e. The summed E-state index contributed by atoms with van der Waals surface area (Å²) in [5.41, 5.74) is 1.10. The first-order chi connectivity index (χ1) is 11.6. The molecule has 0 radical (unpaired) electrons. The number of likely N-dealkylation sites (N-methyl/N-ethyl adjacent to an activating group) is 1. The van der Waals surface area contributed by atoms with Crippen molar-refractivity contribution >= 4 is 29.9 Å². The molecule has 0 bridgehead atoms. The third-order valence-corrected chi connectivity index (χ3v) is 4.25. The molecule has 0 aromatic carbocycles. The number of nitrogens with zero attached hydrogens (tertiary/aromatic N) is 3. The molecule has 7 heteroatoms. The largest absolute Gasteiger partial charge is 0.475 e. The molecule has 142 valence electrons.